The Morgan fingerprint density at radius 1 is 0.474 bits per heavy atom. The molecule has 0 spiro atoms. The Morgan fingerprint density at radius 2 is 1.05 bits per heavy atom. The number of hydrogen-bond donors (Lipinski definition) is 2. The van der Waals surface area contributed by atoms with Crippen molar-refractivity contribution in [1.82, 2.24) is 0 Å². The summed E-state index contributed by atoms with van der Waals surface area (Å²) in [6.07, 6.45) is 17.2. The maximum absolute atomic E-state index is 9.24. The van der Waals surface area contributed by atoms with Gasteiger partial charge in [0.2, 0.25) is 0 Å². The molecule has 0 unspecified atom stereocenters. The smallest absolute Gasteiger partial charge is 0.0877 e. The van der Waals surface area contributed by atoms with Gasteiger partial charge in [0.1, 0.15) is 0 Å². The Hall–Kier alpha value is -3.00. The predicted octanol–water partition coefficient (Wildman–Crippen LogP) is 9.94. The number of fused-ring (bicyclic) bond motifs is 2. The summed E-state index contributed by atoms with van der Waals surface area (Å²) in [7, 11) is 0. The summed E-state index contributed by atoms with van der Waals surface area (Å²) in [5, 5.41) is 29.0. The fourth-order valence-corrected chi connectivity index (χ4v) is 6.68. The van der Waals surface area contributed by atoms with E-state index in [-0.39, 0.29) is 0 Å². The van der Waals surface area contributed by atoms with Crippen molar-refractivity contribution in [2.24, 2.45) is 0 Å². The van der Waals surface area contributed by atoms with Gasteiger partial charge in [-0.25, -0.2) is 0 Å². The highest BCUT2D eigenvalue weighted by atomic mass is 14.5. The zero-order valence-corrected chi connectivity index (χ0v) is 23.5. The summed E-state index contributed by atoms with van der Waals surface area (Å²) >= 11 is 0. The molecule has 0 aliphatic rings. The third kappa shape index (κ3) is 5.03. The summed E-state index contributed by atoms with van der Waals surface area (Å²) in [5.74, 6) is 0. The molecule has 0 saturated carbocycles. The topological polar surface area (TPSA) is 47.7 Å². The number of aryl methyl sites for hydroxylation is 2. The van der Waals surface area contributed by atoms with Gasteiger partial charge in [0.05, 0.1) is 10.7 Å². The van der Waals surface area contributed by atoms with Gasteiger partial charge in [-0.15, -0.1) is 0 Å². The summed E-state index contributed by atoms with van der Waals surface area (Å²) in [6.45, 7) is 4.54. The number of nitrogens with one attached hydrogen (secondary N) is 2. The van der Waals surface area contributed by atoms with Crippen LogP contribution in [0.3, 0.4) is 0 Å². The van der Waals surface area contributed by atoms with E-state index in [4.69, 9.17) is 0 Å². The molecule has 5 aromatic rings. The van der Waals surface area contributed by atoms with Crippen LogP contribution in [0.2, 0.25) is 0 Å². The van der Waals surface area contributed by atoms with Crippen molar-refractivity contribution in [2.75, 3.05) is 0 Å². The molecule has 2 heteroatoms. The lowest BCUT2D eigenvalue weighted by Gasteiger charge is -2.19. The van der Waals surface area contributed by atoms with E-state index in [2.05, 4.69) is 62.4 Å². The first-order chi connectivity index (χ1) is 18.7. The van der Waals surface area contributed by atoms with Crippen molar-refractivity contribution in [1.29, 1.82) is 10.8 Å². The first-order valence-corrected chi connectivity index (χ1v) is 15.3. The Balaban J connectivity index is 1.66. The highest BCUT2D eigenvalue weighted by Crippen LogP contribution is 2.40. The summed E-state index contributed by atoms with van der Waals surface area (Å²) in [6, 6.07) is 17.7. The number of benzene rings is 5. The Morgan fingerprint density at radius 3 is 1.74 bits per heavy atom. The van der Waals surface area contributed by atoms with Crippen molar-refractivity contribution >= 4 is 43.1 Å². The van der Waals surface area contributed by atoms with E-state index in [1.807, 2.05) is 0 Å². The van der Waals surface area contributed by atoms with Crippen LogP contribution in [0.5, 0.6) is 0 Å². The summed E-state index contributed by atoms with van der Waals surface area (Å²) in [5.41, 5.74) is 2.51. The van der Waals surface area contributed by atoms with Crippen LogP contribution in [0.15, 0.2) is 48.5 Å². The Kier molecular flexibility index (Phi) is 8.57. The number of rotatable bonds is 14. The zero-order chi connectivity index (χ0) is 26.5. The molecule has 0 radical (unpaired) electrons. The lowest BCUT2D eigenvalue weighted by Crippen LogP contribution is -2.29. The second-order valence-electron chi connectivity index (χ2n) is 11.4. The SMILES string of the molecule is CCCCCCCCc1ccc2c3cccc4cccc(c5c(=N)c(=N)c(CCCCCCCC)c1c25)c43. The highest BCUT2D eigenvalue weighted by Gasteiger charge is 2.20. The van der Waals surface area contributed by atoms with Crippen molar-refractivity contribution in [3.05, 3.63) is 70.4 Å². The molecule has 0 aliphatic carbocycles. The predicted molar refractivity (Wildman–Crippen MR) is 165 cm³/mol. The molecule has 0 fully saturated rings. The molecule has 0 aromatic heterocycles. The highest BCUT2D eigenvalue weighted by molar-refractivity contribution is 6.33. The molecule has 2 N–H and O–H groups in total. The van der Waals surface area contributed by atoms with Gasteiger partial charge < -0.3 is 0 Å². The van der Waals surface area contributed by atoms with Gasteiger partial charge in [0, 0.05) is 10.8 Å². The third-order valence-corrected chi connectivity index (χ3v) is 8.69. The average molecular weight is 505 g/mol. The monoisotopic (exact) mass is 504 g/mol. The van der Waals surface area contributed by atoms with Gasteiger partial charge in [-0.2, -0.15) is 0 Å². The molecule has 0 aliphatic heterocycles. The van der Waals surface area contributed by atoms with E-state index in [9.17, 15) is 10.8 Å². The van der Waals surface area contributed by atoms with E-state index in [0.717, 1.165) is 35.6 Å². The minimum Gasteiger partial charge on any atom is -0.298 e. The fourth-order valence-electron chi connectivity index (χ4n) is 6.68. The van der Waals surface area contributed by atoms with Crippen LogP contribution in [0.4, 0.5) is 0 Å². The van der Waals surface area contributed by atoms with Crippen molar-refractivity contribution in [3.63, 3.8) is 0 Å². The number of unbranched alkanes of at least 4 members (excludes halogenated alkanes) is 10. The molecule has 5 rings (SSSR count). The van der Waals surface area contributed by atoms with E-state index >= 15 is 0 Å². The second kappa shape index (κ2) is 12.2. The average Bonchev–Trinajstić information content (AvgIpc) is 2.94. The van der Waals surface area contributed by atoms with E-state index in [1.54, 1.807) is 0 Å². The lowest BCUT2D eigenvalue weighted by molar-refractivity contribution is 0.605. The Bertz CT molecular complexity index is 1630. The number of hydrogen-bond acceptors (Lipinski definition) is 2. The lowest BCUT2D eigenvalue weighted by atomic mass is 9.84. The molecule has 0 bridgehead atoms. The van der Waals surface area contributed by atoms with Crippen LogP contribution in [0.25, 0.3) is 43.1 Å². The van der Waals surface area contributed by atoms with Crippen LogP contribution in [-0.4, -0.2) is 0 Å². The fraction of sp³-hybridized carbons (Fsp3) is 0.444. The molecule has 0 saturated heterocycles. The summed E-state index contributed by atoms with van der Waals surface area (Å²) in [4.78, 5) is 0. The van der Waals surface area contributed by atoms with E-state index in [0.29, 0.717) is 10.7 Å². The zero-order valence-electron chi connectivity index (χ0n) is 23.5. The third-order valence-electron chi connectivity index (χ3n) is 8.69. The molecule has 38 heavy (non-hydrogen) atoms. The van der Waals surface area contributed by atoms with Crippen LogP contribution in [0.1, 0.15) is 102 Å². The van der Waals surface area contributed by atoms with Gasteiger partial charge in [0.15, 0.2) is 0 Å². The van der Waals surface area contributed by atoms with Gasteiger partial charge >= 0.3 is 0 Å². The van der Waals surface area contributed by atoms with Crippen LogP contribution >= 0.6 is 0 Å². The van der Waals surface area contributed by atoms with E-state index < -0.39 is 0 Å². The van der Waals surface area contributed by atoms with E-state index in [1.165, 1.54) is 109 Å². The van der Waals surface area contributed by atoms with Crippen LogP contribution < -0.4 is 10.7 Å². The largest absolute Gasteiger partial charge is 0.298 e. The normalized spacial score (nSPS) is 12.1. The molecule has 198 valence electrons. The molecule has 0 amide bonds. The minimum atomic E-state index is 0.415. The first-order valence-electron chi connectivity index (χ1n) is 15.3. The van der Waals surface area contributed by atoms with Crippen molar-refractivity contribution in [2.45, 2.75) is 104 Å². The van der Waals surface area contributed by atoms with Gasteiger partial charge in [-0.3, -0.25) is 10.8 Å². The summed E-state index contributed by atoms with van der Waals surface area (Å²) < 4.78 is 0. The van der Waals surface area contributed by atoms with Crippen molar-refractivity contribution < 1.29 is 0 Å². The molecular weight excluding hydrogens is 460 g/mol. The van der Waals surface area contributed by atoms with Crippen LogP contribution in [0, 0.1) is 10.8 Å². The molecular formula is C36H44N2. The van der Waals surface area contributed by atoms with Crippen molar-refractivity contribution in [3.8, 4) is 0 Å². The van der Waals surface area contributed by atoms with Crippen LogP contribution in [-0.2, 0) is 12.8 Å². The van der Waals surface area contributed by atoms with Gasteiger partial charge in [-0.1, -0.05) is 127 Å². The minimum absolute atomic E-state index is 0.415. The van der Waals surface area contributed by atoms with Gasteiger partial charge in [0.25, 0.3) is 0 Å². The molecule has 2 nitrogen and oxygen atoms in total. The first kappa shape index (κ1) is 26.6. The maximum Gasteiger partial charge on any atom is 0.0877 e. The Labute approximate surface area is 227 Å². The maximum atomic E-state index is 9.24. The standard InChI is InChI=1S/C36H44N2/c1-3-5-7-9-11-13-17-26-23-24-28-27-21-15-18-25-19-16-22-29(31(25)27)34-33(28)32(26)30(35(37)36(34)38)20-14-12-10-8-6-4-2/h15-16,18-19,21-24,37-38H,3-14,17,20H2,1-2H3. The molecule has 0 heterocycles. The molecule has 0 atom stereocenters. The van der Waals surface area contributed by atoms with Gasteiger partial charge in [-0.05, 0) is 69.1 Å². The quantitative estimate of drug-likeness (QED) is 0.0858. The molecule has 5 aromatic carbocycles. The second-order valence-corrected chi connectivity index (χ2v) is 11.4.